The number of hydrogen-bond donors (Lipinski definition) is 1. The third kappa shape index (κ3) is 2.60. The van der Waals surface area contributed by atoms with Crippen LogP contribution in [0.4, 0.5) is 11.4 Å². The predicted molar refractivity (Wildman–Crippen MR) is 82.0 cm³/mol. The number of fused-ring (bicyclic) bond motifs is 1. The van der Waals surface area contributed by atoms with E-state index >= 15 is 0 Å². The molecule has 3 heteroatoms. The van der Waals surface area contributed by atoms with E-state index in [-0.39, 0.29) is 0 Å². The minimum atomic E-state index is 0.712. The van der Waals surface area contributed by atoms with E-state index in [4.69, 9.17) is 5.26 Å². The normalized spacial score (nSPS) is 14.4. The number of nitriles is 1. The van der Waals surface area contributed by atoms with E-state index in [1.165, 1.54) is 16.9 Å². The van der Waals surface area contributed by atoms with Crippen molar-refractivity contribution in [3.63, 3.8) is 0 Å². The summed E-state index contributed by atoms with van der Waals surface area (Å²) in [7, 11) is 0. The van der Waals surface area contributed by atoms with Crippen LogP contribution in [0.2, 0.25) is 0 Å². The summed E-state index contributed by atoms with van der Waals surface area (Å²) in [5.41, 5.74) is 4.52. The molecule has 0 radical (unpaired) electrons. The molecule has 0 unspecified atom stereocenters. The standard InChI is InChI=1S/C17H17N3/c18-13-14-5-7-16(8-6-14)20-11-9-15-3-1-2-4-17(15)19-10-12-20/h1-8,19H,9-12H2. The molecule has 0 bridgehead atoms. The molecule has 0 spiro atoms. The van der Waals surface area contributed by atoms with Crippen LogP contribution in [0.15, 0.2) is 48.5 Å². The van der Waals surface area contributed by atoms with E-state index in [9.17, 15) is 0 Å². The van der Waals surface area contributed by atoms with Gasteiger partial charge in [0.15, 0.2) is 0 Å². The summed E-state index contributed by atoms with van der Waals surface area (Å²) in [4.78, 5) is 2.37. The molecule has 1 heterocycles. The topological polar surface area (TPSA) is 39.1 Å². The highest BCUT2D eigenvalue weighted by Crippen LogP contribution is 2.21. The van der Waals surface area contributed by atoms with Crippen molar-refractivity contribution in [1.29, 1.82) is 5.26 Å². The molecule has 2 aromatic rings. The molecular weight excluding hydrogens is 246 g/mol. The summed E-state index contributed by atoms with van der Waals surface area (Å²) in [6, 6.07) is 18.5. The van der Waals surface area contributed by atoms with Crippen molar-refractivity contribution < 1.29 is 0 Å². The van der Waals surface area contributed by atoms with Crippen LogP contribution in [0.1, 0.15) is 11.1 Å². The van der Waals surface area contributed by atoms with Gasteiger partial charge in [-0.1, -0.05) is 18.2 Å². The van der Waals surface area contributed by atoms with Crippen LogP contribution in [0.25, 0.3) is 0 Å². The molecule has 1 N–H and O–H groups in total. The van der Waals surface area contributed by atoms with Gasteiger partial charge in [0.2, 0.25) is 0 Å². The maximum atomic E-state index is 8.86. The molecule has 0 atom stereocenters. The molecule has 0 aliphatic carbocycles. The largest absolute Gasteiger partial charge is 0.383 e. The third-order valence-corrected chi connectivity index (χ3v) is 3.73. The van der Waals surface area contributed by atoms with Crippen LogP contribution in [0.3, 0.4) is 0 Å². The second-order valence-electron chi connectivity index (χ2n) is 4.98. The van der Waals surface area contributed by atoms with Gasteiger partial charge in [0, 0.05) is 31.0 Å². The zero-order chi connectivity index (χ0) is 13.8. The molecule has 0 saturated heterocycles. The maximum absolute atomic E-state index is 8.86. The SMILES string of the molecule is N#Cc1ccc(N2CCNc3ccccc3CC2)cc1. The highest BCUT2D eigenvalue weighted by Gasteiger charge is 2.11. The lowest BCUT2D eigenvalue weighted by atomic mass is 10.1. The Bertz CT molecular complexity index is 625. The molecule has 3 nitrogen and oxygen atoms in total. The van der Waals surface area contributed by atoms with Gasteiger partial charge >= 0.3 is 0 Å². The van der Waals surface area contributed by atoms with E-state index in [0.717, 1.165) is 26.1 Å². The first-order valence-electron chi connectivity index (χ1n) is 6.94. The molecule has 100 valence electrons. The number of hydrogen-bond acceptors (Lipinski definition) is 3. The number of para-hydroxylation sites is 1. The predicted octanol–water partition coefficient (Wildman–Crippen LogP) is 3.03. The van der Waals surface area contributed by atoms with Gasteiger partial charge in [0.1, 0.15) is 0 Å². The average molecular weight is 263 g/mol. The summed E-state index contributed by atoms with van der Waals surface area (Å²) in [6.07, 6.45) is 1.03. The van der Waals surface area contributed by atoms with Gasteiger partial charge in [-0.2, -0.15) is 5.26 Å². The van der Waals surface area contributed by atoms with Gasteiger partial charge in [-0.05, 0) is 42.3 Å². The third-order valence-electron chi connectivity index (χ3n) is 3.73. The van der Waals surface area contributed by atoms with Gasteiger partial charge in [-0.3, -0.25) is 0 Å². The van der Waals surface area contributed by atoms with Crippen molar-refractivity contribution in [2.24, 2.45) is 0 Å². The number of rotatable bonds is 1. The summed E-state index contributed by atoms with van der Waals surface area (Å²) < 4.78 is 0. The summed E-state index contributed by atoms with van der Waals surface area (Å²) in [5.74, 6) is 0. The zero-order valence-electron chi connectivity index (χ0n) is 11.3. The van der Waals surface area contributed by atoms with Crippen LogP contribution in [-0.2, 0) is 6.42 Å². The minimum Gasteiger partial charge on any atom is -0.383 e. The Morgan fingerprint density at radius 3 is 2.60 bits per heavy atom. The fourth-order valence-electron chi connectivity index (χ4n) is 2.61. The summed E-state index contributed by atoms with van der Waals surface area (Å²) >= 11 is 0. The van der Waals surface area contributed by atoms with E-state index in [1.807, 2.05) is 24.3 Å². The Hall–Kier alpha value is -2.47. The Balaban J connectivity index is 1.78. The van der Waals surface area contributed by atoms with Gasteiger partial charge in [-0.25, -0.2) is 0 Å². The van der Waals surface area contributed by atoms with E-state index < -0.39 is 0 Å². The summed E-state index contributed by atoms with van der Waals surface area (Å²) in [6.45, 7) is 2.90. The first-order valence-corrected chi connectivity index (χ1v) is 6.94. The van der Waals surface area contributed by atoms with E-state index in [1.54, 1.807) is 0 Å². The van der Waals surface area contributed by atoms with Gasteiger partial charge < -0.3 is 10.2 Å². The van der Waals surface area contributed by atoms with Crippen molar-refractivity contribution >= 4 is 11.4 Å². The van der Waals surface area contributed by atoms with Crippen LogP contribution < -0.4 is 10.2 Å². The van der Waals surface area contributed by atoms with Gasteiger partial charge in [0.05, 0.1) is 11.6 Å². The molecule has 1 aliphatic rings. The fraction of sp³-hybridized carbons (Fsp3) is 0.235. The molecule has 3 rings (SSSR count). The van der Waals surface area contributed by atoms with Crippen LogP contribution in [0, 0.1) is 11.3 Å². The fourth-order valence-corrected chi connectivity index (χ4v) is 2.61. The lowest BCUT2D eigenvalue weighted by Gasteiger charge is -2.28. The molecular formula is C17H17N3. The van der Waals surface area contributed by atoms with Gasteiger partial charge in [-0.15, -0.1) is 0 Å². The van der Waals surface area contributed by atoms with Crippen LogP contribution in [-0.4, -0.2) is 19.6 Å². The van der Waals surface area contributed by atoms with Crippen molar-refractivity contribution in [2.75, 3.05) is 29.9 Å². The van der Waals surface area contributed by atoms with Crippen molar-refractivity contribution in [3.8, 4) is 6.07 Å². The molecule has 0 aromatic heterocycles. The smallest absolute Gasteiger partial charge is 0.0991 e. The Labute approximate surface area is 119 Å². The molecule has 1 aliphatic heterocycles. The Morgan fingerprint density at radius 2 is 1.80 bits per heavy atom. The molecule has 0 saturated carbocycles. The molecule has 0 amide bonds. The Kier molecular flexibility index (Phi) is 3.56. The molecule has 2 aromatic carbocycles. The number of anilines is 2. The first kappa shape index (κ1) is 12.6. The van der Waals surface area contributed by atoms with E-state index in [2.05, 4.69) is 40.6 Å². The second kappa shape index (κ2) is 5.66. The number of nitrogens with zero attached hydrogens (tertiary/aromatic N) is 2. The van der Waals surface area contributed by atoms with Gasteiger partial charge in [0.25, 0.3) is 0 Å². The first-order chi connectivity index (χ1) is 9.86. The van der Waals surface area contributed by atoms with Crippen molar-refractivity contribution in [3.05, 3.63) is 59.7 Å². The Morgan fingerprint density at radius 1 is 1.00 bits per heavy atom. The number of nitrogens with one attached hydrogen (secondary N) is 1. The molecule has 0 fully saturated rings. The highest BCUT2D eigenvalue weighted by atomic mass is 15.1. The van der Waals surface area contributed by atoms with Crippen LogP contribution >= 0.6 is 0 Å². The summed E-state index contributed by atoms with van der Waals surface area (Å²) in [5, 5.41) is 12.4. The second-order valence-corrected chi connectivity index (χ2v) is 4.98. The molecule has 20 heavy (non-hydrogen) atoms. The van der Waals surface area contributed by atoms with Crippen molar-refractivity contribution in [1.82, 2.24) is 0 Å². The van der Waals surface area contributed by atoms with Crippen molar-refractivity contribution in [2.45, 2.75) is 6.42 Å². The number of benzene rings is 2. The zero-order valence-corrected chi connectivity index (χ0v) is 11.3. The monoisotopic (exact) mass is 263 g/mol. The minimum absolute atomic E-state index is 0.712. The maximum Gasteiger partial charge on any atom is 0.0991 e. The average Bonchev–Trinajstić information content (AvgIpc) is 2.48. The highest BCUT2D eigenvalue weighted by molar-refractivity contribution is 5.55. The lowest BCUT2D eigenvalue weighted by Crippen LogP contribution is -2.33. The quantitative estimate of drug-likeness (QED) is 0.859. The lowest BCUT2D eigenvalue weighted by molar-refractivity contribution is 0.774. The van der Waals surface area contributed by atoms with E-state index in [0.29, 0.717) is 5.56 Å². The van der Waals surface area contributed by atoms with Crippen LogP contribution in [0.5, 0.6) is 0 Å².